The Morgan fingerprint density at radius 2 is 1.68 bits per heavy atom. The first-order valence-electron chi connectivity index (χ1n) is 6.88. The fourth-order valence-electron chi connectivity index (χ4n) is 2.15. The Labute approximate surface area is 127 Å². The van der Waals surface area contributed by atoms with Gasteiger partial charge in [0, 0.05) is 18.3 Å². The average Bonchev–Trinajstić information content (AvgIpc) is 2.39. The number of alkyl halides is 3. The van der Waals surface area contributed by atoms with Crippen molar-refractivity contribution < 1.29 is 17.6 Å². The summed E-state index contributed by atoms with van der Waals surface area (Å²) in [5.74, 6) is -1.26. The zero-order valence-electron chi connectivity index (χ0n) is 12.6. The second-order valence-electron chi connectivity index (χ2n) is 6.27. The van der Waals surface area contributed by atoms with Crippen molar-refractivity contribution in [3.63, 3.8) is 0 Å². The monoisotopic (exact) mass is 311 g/mol. The molecule has 1 nitrogen and oxygen atoms in total. The smallest absolute Gasteiger partial charge is 0.261 e. The van der Waals surface area contributed by atoms with Gasteiger partial charge in [-0.15, -0.1) is 0 Å². The lowest BCUT2D eigenvalue weighted by Crippen LogP contribution is -2.12. The van der Waals surface area contributed by atoms with Gasteiger partial charge >= 0.3 is 6.18 Å². The first-order chi connectivity index (χ1) is 10.1. The van der Waals surface area contributed by atoms with E-state index in [1.165, 1.54) is 6.07 Å². The normalized spacial score (nSPS) is 12.5. The quantitative estimate of drug-likeness (QED) is 0.701. The molecular formula is C17H17F4N. The van der Waals surface area contributed by atoms with Crippen molar-refractivity contribution in [3.05, 3.63) is 64.7 Å². The summed E-state index contributed by atoms with van der Waals surface area (Å²) in [6.45, 7) is 6.14. The van der Waals surface area contributed by atoms with Crippen LogP contribution >= 0.6 is 0 Å². The predicted molar refractivity (Wildman–Crippen MR) is 77.1 cm³/mol. The van der Waals surface area contributed by atoms with Gasteiger partial charge < -0.3 is 0 Å². The van der Waals surface area contributed by atoms with Crippen LogP contribution in [0.15, 0.2) is 36.5 Å². The summed E-state index contributed by atoms with van der Waals surface area (Å²) in [6, 6.07) is 6.81. The third-order valence-corrected chi connectivity index (χ3v) is 3.40. The molecule has 0 saturated carbocycles. The number of benzene rings is 1. The summed E-state index contributed by atoms with van der Waals surface area (Å²) >= 11 is 0. The van der Waals surface area contributed by atoms with Gasteiger partial charge in [-0.1, -0.05) is 26.8 Å². The molecule has 5 heteroatoms. The summed E-state index contributed by atoms with van der Waals surface area (Å²) in [5, 5.41) is 0. The van der Waals surface area contributed by atoms with Crippen molar-refractivity contribution in [2.24, 2.45) is 0 Å². The molecule has 1 heterocycles. The highest BCUT2D eigenvalue weighted by atomic mass is 19.4. The molecule has 0 fully saturated rings. The first-order valence-corrected chi connectivity index (χ1v) is 6.88. The van der Waals surface area contributed by atoms with Gasteiger partial charge in [-0.25, -0.2) is 4.39 Å². The molecule has 0 aliphatic rings. The Morgan fingerprint density at radius 3 is 2.27 bits per heavy atom. The molecule has 1 aromatic heterocycles. The van der Waals surface area contributed by atoms with E-state index in [4.69, 9.17) is 0 Å². The summed E-state index contributed by atoms with van der Waals surface area (Å²) in [5.41, 5.74) is 0.782. The van der Waals surface area contributed by atoms with Gasteiger partial charge in [0.05, 0.1) is 5.56 Å². The van der Waals surface area contributed by atoms with Crippen molar-refractivity contribution in [1.29, 1.82) is 0 Å². The molecule has 2 rings (SSSR count). The van der Waals surface area contributed by atoms with E-state index in [2.05, 4.69) is 4.98 Å². The van der Waals surface area contributed by atoms with Crippen LogP contribution in [0.5, 0.6) is 0 Å². The third kappa shape index (κ3) is 3.84. The second-order valence-corrected chi connectivity index (χ2v) is 6.27. The van der Waals surface area contributed by atoms with Crippen molar-refractivity contribution in [2.45, 2.75) is 38.8 Å². The fourth-order valence-corrected chi connectivity index (χ4v) is 2.15. The molecule has 118 valence electrons. The third-order valence-electron chi connectivity index (χ3n) is 3.40. The summed E-state index contributed by atoms with van der Waals surface area (Å²) in [7, 11) is 0. The standard InChI is InChI=1S/C17H17F4N/c1-16(2,3)12-6-7-22-13(10-12)8-11-4-5-15(18)14(9-11)17(19,20)21/h4-7,9-10H,8H2,1-3H3. The van der Waals surface area contributed by atoms with Crippen LogP contribution in [-0.4, -0.2) is 4.98 Å². The zero-order valence-corrected chi connectivity index (χ0v) is 12.6. The van der Waals surface area contributed by atoms with E-state index in [9.17, 15) is 17.6 Å². The van der Waals surface area contributed by atoms with Gasteiger partial charge in [0.1, 0.15) is 5.82 Å². The summed E-state index contributed by atoms with van der Waals surface area (Å²) in [6.07, 6.45) is -2.82. The molecule has 0 radical (unpaired) electrons. The number of rotatable bonds is 2. The lowest BCUT2D eigenvalue weighted by molar-refractivity contribution is -0.140. The average molecular weight is 311 g/mol. The van der Waals surface area contributed by atoms with Crippen LogP contribution in [0.1, 0.15) is 43.2 Å². The zero-order chi connectivity index (χ0) is 16.5. The highest BCUT2D eigenvalue weighted by molar-refractivity contribution is 5.32. The van der Waals surface area contributed by atoms with Gasteiger partial charge in [0.2, 0.25) is 0 Å². The molecule has 1 aromatic carbocycles. The molecule has 0 N–H and O–H groups in total. The molecular weight excluding hydrogens is 294 g/mol. The van der Waals surface area contributed by atoms with E-state index in [0.717, 1.165) is 17.7 Å². The molecule has 22 heavy (non-hydrogen) atoms. The maximum atomic E-state index is 13.3. The summed E-state index contributed by atoms with van der Waals surface area (Å²) < 4.78 is 51.5. The van der Waals surface area contributed by atoms with Crippen molar-refractivity contribution in [1.82, 2.24) is 4.98 Å². The van der Waals surface area contributed by atoms with E-state index in [0.29, 0.717) is 11.3 Å². The van der Waals surface area contributed by atoms with Crippen LogP contribution < -0.4 is 0 Å². The first kappa shape index (κ1) is 16.5. The molecule has 0 aliphatic carbocycles. The van der Waals surface area contributed by atoms with Crippen LogP contribution in [0.4, 0.5) is 17.6 Å². The van der Waals surface area contributed by atoms with E-state index < -0.39 is 17.6 Å². The molecule has 0 unspecified atom stereocenters. The second kappa shape index (κ2) is 5.71. The van der Waals surface area contributed by atoms with E-state index in [-0.39, 0.29) is 11.8 Å². The molecule has 0 aliphatic heterocycles. The molecule has 0 bridgehead atoms. The minimum absolute atomic E-state index is 0.0718. The Balaban J connectivity index is 2.32. The minimum atomic E-state index is -4.69. The maximum Gasteiger partial charge on any atom is 0.419 e. The molecule has 0 saturated heterocycles. The number of hydrogen-bond donors (Lipinski definition) is 0. The van der Waals surface area contributed by atoms with Gasteiger partial charge in [-0.05, 0) is 40.8 Å². The van der Waals surface area contributed by atoms with Gasteiger partial charge in [0.25, 0.3) is 0 Å². The van der Waals surface area contributed by atoms with Crippen molar-refractivity contribution in [2.75, 3.05) is 0 Å². The van der Waals surface area contributed by atoms with Crippen LogP contribution in [0, 0.1) is 5.82 Å². The molecule has 0 spiro atoms. The Bertz CT molecular complexity index is 669. The van der Waals surface area contributed by atoms with Crippen molar-refractivity contribution in [3.8, 4) is 0 Å². The SMILES string of the molecule is CC(C)(C)c1ccnc(Cc2ccc(F)c(C(F)(F)F)c2)c1. The fraction of sp³-hybridized carbons (Fsp3) is 0.353. The van der Waals surface area contributed by atoms with Gasteiger partial charge in [-0.2, -0.15) is 13.2 Å². The van der Waals surface area contributed by atoms with Crippen LogP contribution in [0.25, 0.3) is 0 Å². The lowest BCUT2D eigenvalue weighted by Gasteiger charge is -2.19. The van der Waals surface area contributed by atoms with Crippen LogP contribution in [0.2, 0.25) is 0 Å². The van der Waals surface area contributed by atoms with Gasteiger partial charge in [0.15, 0.2) is 0 Å². The Morgan fingerprint density at radius 1 is 1.00 bits per heavy atom. The minimum Gasteiger partial charge on any atom is -0.261 e. The topological polar surface area (TPSA) is 12.9 Å². The van der Waals surface area contributed by atoms with E-state index in [1.54, 1.807) is 6.20 Å². The maximum absolute atomic E-state index is 13.3. The highest BCUT2D eigenvalue weighted by Crippen LogP contribution is 2.32. The van der Waals surface area contributed by atoms with E-state index in [1.807, 2.05) is 32.9 Å². The largest absolute Gasteiger partial charge is 0.419 e. The van der Waals surface area contributed by atoms with Crippen LogP contribution in [-0.2, 0) is 18.0 Å². The Hall–Kier alpha value is -1.91. The summed E-state index contributed by atoms with van der Waals surface area (Å²) in [4.78, 5) is 4.19. The van der Waals surface area contributed by atoms with Crippen molar-refractivity contribution >= 4 is 0 Å². The number of nitrogens with zero attached hydrogens (tertiary/aromatic N) is 1. The lowest BCUT2D eigenvalue weighted by atomic mass is 9.87. The molecule has 0 amide bonds. The predicted octanol–water partition coefficient (Wildman–Crippen LogP) is 5.13. The van der Waals surface area contributed by atoms with Gasteiger partial charge in [-0.3, -0.25) is 4.98 Å². The molecule has 2 aromatic rings. The Kier molecular flexibility index (Phi) is 4.27. The van der Waals surface area contributed by atoms with Crippen LogP contribution in [0.3, 0.4) is 0 Å². The number of halogens is 4. The highest BCUT2D eigenvalue weighted by Gasteiger charge is 2.34. The molecule has 0 atom stereocenters. The number of hydrogen-bond acceptors (Lipinski definition) is 1. The number of aromatic nitrogens is 1. The van der Waals surface area contributed by atoms with E-state index >= 15 is 0 Å². The number of pyridine rings is 1.